The number of aromatic nitrogens is 2. The molecule has 0 bridgehead atoms. The summed E-state index contributed by atoms with van der Waals surface area (Å²) in [6.07, 6.45) is 5.81. The fraction of sp³-hybridized carbons (Fsp3) is 0.132. The van der Waals surface area contributed by atoms with Crippen LogP contribution in [-0.2, 0) is 6.42 Å². The Morgan fingerprint density at radius 2 is 1.56 bits per heavy atom. The van der Waals surface area contributed by atoms with Crippen LogP contribution in [0.15, 0.2) is 104 Å². The summed E-state index contributed by atoms with van der Waals surface area (Å²) >= 11 is 0. The smallest absolute Gasteiger partial charge is 0.192 e. The fourth-order valence-electron chi connectivity index (χ4n) is 6.94. The first-order valence-corrected chi connectivity index (χ1v) is 14.4. The van der Waals surface area contributed by atoms with Gasteiger partial charge in [0.1, 0.15) is 18.2 Å². The van der Waals surface area contributed by atoms with Crippen LogP contribution in [0.4, 0.5) is 0 Å². The molecule has 0 fully saturated rings. The van der Waals surface area contributed by atoms with E-state index in [9.17, 15) is 15.8 Å². The van der Waals surface area contributed by atoms with Gasteiger partial charge in [0.2, 0.25) is 23.1 Å². The van der Waals surface area contributed by atoms with Gasteiger partial charge in [-0.3, -0.25) is 0 Å². The van der Waals surface area contributed by atoms with Crippen LogP contribution in [0.3, 0.4) is 0 Å². The zero-order chi connectivity index (χ0) is 29.7. The van der Waals surface area contributed by atoms with E-state index >= 15 is 0 Å². The van der Waals surface area contributed by atoms with Crippen molar-refractivity contribution in [2.24, 2.45) is 0 Å². The highest BCUT2D eigenvalue weighted by atomic mass is 15.1. The number of allylic oxidation sites excluding steroid dienone is 1. The molecule has 2 atom stereocenters. The lowest BCUT2D eigenvalue weighted by molar-refractivity contribution is -0.727. The van der Waals surface area contributed by atoms with Crippen LogP contribution in [-0.4, -0.2) is 0 Å². The Morgan fingerprint density at radius 1 is 0.791 bits per heavy atom. The summed E-state index contributed by atoms with van der Waals surface area (Å²) < 4.78 is 4.44. The number of nitrogens with zero attached hydrogens (tertiary/aromatic N) is 5. The third kappa shape index (κ3) is 4.05. The lowest BCUT2D eigenvalue weighted by atomic mass is 9.75. The molecule has 0 saturated heterocycles. The van der Waals surface area contributed by atoms with E-state index in [0.29, 0.717) is 0 Å². The van der Waals surface area contributed by atoms with Crippen LogP contribution in [0.25, 0.3) is 39.3 Å². The highest BCUT2D eigenvalue weighted by Gasteiger charge is 2.48. The molecule has 5 aromatic rings. The summed E-state index contributed by atoms with van der Waals surface area (Å²) in [7, 11) is 0. The van der Waals surface area contributed by atoms with Gasteiger partial charge in [0, 0.05) is 29.3 Å². The molecule has 5 heteroatoms. The largest absolute Gasteiger partial charge is 0.249 e. The highest BCUT2D eigenvalue weighted by molar-refractivity contribution is 5.78. The summed E-state index contributed by atoms with van der Waals surface area (Å²) in [4.78, 5) is 0. The molecule has 202 valence electrons. The van der Waals surface area contributed by atoms with Crippen LogP contribution in [0, 0.1) is 40.9 Å². The monoisotopic (exact) mass is 553 g/mol. The van der Waals surface area contributed by atoms with E-state index in [-0.39, 0.29) is 28.7 Å². The average molecular weight is 554 g/mol. The van der Waals surface area contributed by atoms with Crippen molar-refractivity contribution in [3.63, 3.8) is 0 Å². The number of nitriles is 3. The summed E-state index contributed by atoms with van der Waals surface area (Å²) in [5.74, 6) is -0.0888. The highest BCUT2D eigenvalue weighted by Crippen LogP contribution is 2.47. The van der Waals surface area contributed by atoms with Crippen molar-refractivity contribution in [2.45, 2.75) is 31.7 Å². The molecule has 0 radical (unpaired) electrons. The molecule has 0 aliphatic carbocycles. The van der Waals surface area contributed by atoms with E-state index < -0.39 is 0 Å². The average Bonchev–Trinajstić information content (AvgIpc) is 3.10. The second kappa shape index (κ2) is 10.2. The molecule has 4 heterocycles. The molecule has 2 unspecified atom stereocenters. The maximum absolute atomic E-state index is 10.3. The third-order valence-corrected chi connectivity index (χ3v) is 8.89. The molecule has 2 aliphatic heterocycles. The van der Waals surface area contributed by atoms with E-state index in [1.54, 1.807) is 0 Å². The standard InChI is InChI=1S/C38H27N5/c1-24-12-15-35-37-32(18-29(20-39)33(21-40)34(37)22-41)31-14-13-27-10-6-7-11-30(27)36-19-28(26-8-4-3-5-9-26)16-17-42(36)25(2)38(31)43(35)23-24/h3-12,15-19,23,31,38H,2,13-14H2,1H3/q+2. The Balaban J connectivity index is 1.54. The zero-order valence-electron chi connectivity index (χ0n) is 23.7. The van der Waals surface area contributed by atoms with Gasteiger partial charge in [-0.05, 0) is 66.8 Å². The number of rotatable bonds is 1. The fourth-order valence-corrected chi connectivity index (χ4v) is 6.94. The van der Waals surface area contributed by atoms with E-state index in [2.05, 4.69) is 107 Å². The van der Waals surface area contributed by atoms with Crippen LogP contribution in [0.5, 0.6) is 0 Å². The Bertz CT molecular complexity index is 2100. The molecule has 0 saturated carbocycles. The van der Waals surface area contributed by atoms with Gasteiger partial charge < -0.3 is 0 Å². The normalized spacial score (nSPS) is 16.3. The second-order valence-electron chi connectivity index (χ2n) is 11.2. The predicted octanol–water partition coefficient (Wildman–Crippen LogP) is 6.94. The first-order valence-electron chi connectivity index (χ1n) is 14.4. The quantitative estimate of drug-likeness (QED) is 0.211. The Kier molecular flexibility index (Phi) is 6.20. The molecule has 43 heavy (non-hydrogen) atoms. The van der Waals surface area contributed by atoms with Gasteiger partial charge in [0.05, 0.1) is 28.2 Å². The molecule has 2 aromatic heterocycles. The van der Waals surface area contributed by atoms with E-state index in [0.717, 1.165) is 63.3 Å². The SMILES string of the molecule is C=C1C2C(CCc3ccccc3-c3cc(-c4ccccc4)cc[n+]31)c1cc(C#N)c(C#N)c(C#N)c1-c1ccc(C)c[n+]12. The van der Waals surface area contributed by atoms with Gasteiger partial charge in [-0.25, -0.2) is 0 Å². The predicted molar refractivity (Wildman–Crippen MR) is 164 cm³/mol. The topological polar surface area (TPSA) is 79.1 Å². The van der Waals surface area contributed by atoms with E-state index in [1.807, 2.05) is 24.3 Å². The molecule has 3 aromatic carbocycles. The summed E-state index contributed by atoms with van der Waals surface area (Å²) in [5.41, 5.74) is 10.9. The lowest BCUT2D eigenvalue weighted by Gasteiger charge is -2.30. The van der Waals surface area contributed by atoms with E-state index in [4.69, 9.17) is 6.58 Å². The minimum atomic E-state index is -0.186. The number of benzene rings is 3. The molecule has 0 amide bonds. The van der Waals surface area contributed by atoms with Crippen molar-refractivity contribution in [3.05, 3.63) is 137 Å². The summed E-state index contributed by atoms with van der Waals surface area (Å²) in [6.45, 7) is 6.80. The Hall–Kier alpha value is -5.83. The summed E-state index contributed by atoms with van der Waals surface area (Å²) in [5, 5.41) is 30.4. The summed E-state index contributed by atoms with van der Waals surface area (Å²) in [6, 6.07) is 35.6. The number of hydrogen-bond donors (Lipinski definition) is 0. The molecule has 0 spiro atoms. The van der Waals surface area contributed by atoms with Gasteiger partial charge in [-0.15, -0.1) is 0 Å². The van der Waals surface area contributed by atoms with Gasteiger partial charge in [-0.1, -0.05) is 48.5 Å². The minimum Gasteiger partial charge on any atom is -0.192 e. The molecule has 2 aliphatic rings. The third-order valence-electron chi connectivity index (χ3n) is 8.89. The molecular weight excluding hydrogens is 526 g/mol. The molecule has 7 rings (SSSR count). The second-order valence-corrected chi connectivity index (χ2v) is 11.2. The maximum atomic E-state index is 10.3. The van der Waals surface area contributed by atoms with Crippen molar-refractivity contribution < 1.29 is 9.13 Å². The Labute approximate surface area is 251 Å². The number of hydrogen-bond acceptors (Lipinski definition) is 3. The first kappa shape index (κ1) is 26.1. The van der Waals surface area contributed by atoms with Crippen LogP contribution >= 0.6 is 0 Å². The zero-order valence-corrected chi connectivity index (χ0v) is 23.7. The molecule has 0 N–H and O–H groups in total. The van der Waals surface area contributed by atoms with Crippen LogP contribution in [0.2, 0.25) is 0 Å². The van der Waals surface area contributed by atoms with Crippen molar-refractivity contribution in [1.82, 2.24) is 0 Å². The van der Waals surface area contributed by atoms with Crippen molar-refractivity contribution in [1.29, 1.82) is 15.8 Å². The first-order chi connectivity index (χ1) is 21.0. The van der Waals surface area contributed by atoms with E-state index in [1.165, 1.54) is 5.56 Å². The van der Waals surface area contributed by atoms with Gasteiger partial charge in [0.25, 0.3) is 0 Å². The lowest BCUT2D eigenvalue weighted by Crippen LogP contribution is -2.53. The minimum absolute atomic E-state index is 0.0888. The van der Waals surface area contributed by atoms with Gasteiger partial charge in [0.15, 0.2) is 12.4 Å². The maximum Gasteiger partial charge on any atom is 0.249 e. The number of pyridine rings is 2. The number of aryl methyl sites for hydroxylation is 2. The van der Waals surface area contributed by atoms with Gasteiger partial charge >= 0.3 is 0 Å². The van der Waals surface area contributed by atoms with Gasteiger partial charge in [-0.2, -0.15) is 24.9 Å². The van der Waals surface area contributed by atoms with Crippen molar-refractivity contribution in [3.8, 4) is 51.8 Å². The Morgan fingerprint density at radius 3 is 2.33 bits per heavy atom. The number of fused-ring (bicyclic) bond motifs is 9. The van der Waals surface area contributed by atoms with Crippen molar-refractivity contribution in [2.75, 3.05) is 0 Å². The van der Waals surface area contributed by atoms with Crippen LogP contribution < -0.4 is 9.13 Å². The molecule has 5 nitrogen and oxygen atoms in total. The van der Waals surface area contributed by atoms with Crippen LogP contribution in [0.1, 0.15) is 51.8 Å². The van der Waals surface area contributed by atoms with Crippen molar-refractivity contribution >= 4 is 5.70 Å². The molecular formula is C38H27N5+2.